The van der Waals surface area contributed by atoms with E-state index >= 15 is 0 Å². The van der Waals surface area contributed by atoms with Crippen LogP contribution in [0.25, 0.3) is 0 Å². The number of rotatable bonds is 4. The van der Waals surface area contributed by atoms with Crippen molar-refractivity contribution < 1.29 is 13.9 Å². The van der Waals surface area contributed by atoms with E-state index < -0.39 is 11.4 Å². The maximum absolute atomic E-state index is 13.2. The van der Waals surface area contributed by atoms with E-state index in [2.05, 4.69) is 5.32 Å². The minimum absolute atomic E-state index is 0.0785. The summed E-state index contributed by atoms with van der Waals surface area (Å²) in [4.78, 5) is 10.8. The van der Waals surface area contributed by atoms with E-state index in [1.807, 2.05) is 0 Å². The Bertz CT molecular complexity index is 421. The molecule has 94 valence electrons. The molecule has 0 aromatic heterocycles. The number of benzene rings is 1. The average molecular weight is 260 g/mol. The molecular formula is C12H15ClFNO2. The summed E-state index contributed by atoms with van der Waals surface area (Å²) in [6.07, 6.45) is 0. The molecule has 1 rings (SSSR count). The second kappa shape index (κ2) is 5.36. The first-order valence-electron chi connectivity index (χ1n) is 5.19. The number of carbonyl (C=O) groups excluding carboxylic acids is 1. The van der Waals surface area contributed by atoms with Crippen molar-refractivity contribution in [3.63, 3.8) is 0 Å². The lowest BCUT2D eigenvalue weighted by atomic mass is 10.1. The number of hydrogen-bond acceptors (Lipinski definition) is 3. The molecule has 0 fully saturated rings. The third kappa shape index (κ3) is 4.61. The molecule has 1 N–H and O–H groups in total. The van der Waals surface area contributed by atoms with Crippen LogP contribution in [0.5, 0.6) is 0 Å². The highest BCUT2D eigenvalue weighted by Crippen LogP contribution is 2.19. The molecule has 0 saturated carbocycles. The first-order chi connectivity index (χ1) is 7.80. The van der Waals surface area contributed by atoms with Crippen LogP contribution in [0.2, 0.25) is 5.02 Å². The lowest BCUT2D eigenvalue weighted by Gasteiger charge is -2.25. The van der Waals surface area contributed by atoms with Gasteiger partial charge in [-0.05, 0) is 32.0 Å². The Morgan fingerprint density at radius 2 is 2.18 bits per heavy atom. The Morgan fingerprint density at radius 3 is 2.71 bits per heavy atom. The molecule has 0 amide bonds. The van der Waals surface area contributed by atoms with E-state index in [-0.39, 0.29) is 11.0 Å². The minimum Gasteiger partial charge on any atom is -0.458 e. The third-order valence-corrected chi connectivity index (χ3v) is 2.36. The fourth-order valence-corrected chi connectivity index (χ4v) is 1.46. The zero-order valence-electron chi connectivity index (χ0n) is 10.0. The smallest absolute Gasteiger partial charge is 0.303 e. The van der Waals surface area contributed by atoms with Crippen LogP contribution >= 0.6 is 11.6 Å². The number of anilines is 1. The van der Waals surface area contributed by atoms with E-state index in [1.165, 1.54) is 19.1 Å². The molecule has 0 aliphatic carbocycles. The van der Waals surface area contributed by atoms with E-state index in [9.17, 15) is 9.18 Å². The van der Waals surface area contributed by atoms with E-state index in [0.717, 1.165) is 0 Å². The van der Waals surface area contributed by atoms with Gasteiger partial charge in [-0.2, -0.15) is 0 Å². The largest absolute Gasteiger partial charge is 0.458 e. The van der Waals surface area contributed by atoms with Gasteiger partial charge in [0, 0.05) is 12.6 Å². The summed E-state index contributed by atoms with van der Waals surface area (Å²) >= 11 is 5.57. The molecular weight excluding hydrogens is 245 g/mol. The minimum atomic E-state index is -0.651. The van der Waals surface area contributed by atoms with Gasteiger partial charge in [0.1, 0.15) is 11.4 Å². The second-order valence-corrected chi connectivity index (χ2v) is 4.74. The summed E-state index contributed by atoms with van der Waals surface area (Å²) in [5.41, 5.74) is -0.0609. The molecule has 0 atom stereocenters. The number of nitrogens with one attached hydrogen (secondary N) is 1. The summed E-state index contributed by atoms with van der Waals surface area (Å²) in [5, 5.41) is 3.06. The average Bonchev–Trinajstić information content (AvgIpc) is 2.18. The van der Waals surface area contributed by atoms with Gasteiger partial charge in [-0.25, -0.2) is 4.39 Å². The molecule has 1 aromatic carbocycles. The number of hydrogen-bond donors (Lipinski definition) is 1. The summed E-state index contributed by atoms with van der Waals surface area (Å²) in [7, 11) is 0. The fraction of sp³-hybridized carbons (Fsp3) is 0.417. The van der Waals surface area contributed by atoms with Crippen LogP contribution in [0.1, 0.15) is 20.8 Å². The van der Waals surface area contributed by atoms with Crippen molar-refractivity contribution >= 4 is 23.3 Å². The highest BCUT2D eigenvalue weighted by Gasteiger charge is 2.20. The van der Waals surface area contributed by atoms with Crippen LogP contribution in [0.4, 0.5) is 10.1 Å². The first kappa shape index (κ1) is 13.8. The van der Waals surface area contributed by atoms with Crippen molar-refractivity contribution in [3.05, 3.63) is 29.0 Å². The molecule has 1 aromatic rings. The van der Waals surface area contributed by atoms with E-state index in [1.54, 1.807) is 19.9 Å². The fourth-order valence-electron chi connectivity index (χ4n) is 1.35. The van der Waals surface area contributed by atoms with Crippen molar-refractivity contribution in [1.82, 2.24) is 0 Å². The molecule has 0 aliphatic heterocycles. The predicted octanol–water partition coefficient (Wildman–Crippen LogP) is 3.23. The maximum Gasteiger partial charge on any atom is 0.303 e. The Balaban J connectivity index is 2.60. The highest BCUT2D eigenvalue weighted by molar-refractivity contribution is 6.30. The van der Waals surface area contributed by atoms with Gasteiger partial charge in [0.15, 0.2) is 0 Å². The summed E-state index contributed by atoms with van der Waals surface area (Å²) in [6, 6.07) is 4.43. The molecule has 0 spiro atoms. The molecule has 5 heteroatoms. The van der Waals surface area contributed by atoms with Crippen LogP contribution in [0, 0.1) is 5.82 Å². The molecule has 3 nitrogen and oxygen atoms in total. The molecule has 0 radical (unpaired) electrons. The zero-order chi connectivity index (χ0) is 13.1. The van der Waals surface area contributed by atoms with Crippen molar-refractivity contribution in [1.29, 1.82) is 0 Å². The van der Waals surface area contributed by atoms with Crippen LogP contribution in [-0.4, -0.2) is 18.1 Å². The number of carbonyl (C=O) groups is 1. The van der Waals surface area contributed by atoms with Gasteiger partial charge in [-0.1, -0.05) is 11.6 Å². The van der Waals surface area contributed by atoms with Crippen molar-refractivity contribution in [3.8, 4) is 0 Å². The van der Waals surface area contributed by atoms with Crippen LogP contribution in [0.15, 0.2) is 18.2 Å². The quantitative estimate of drug-likeness (QED) is 0.844. The van der Waals surface area contributed by atoms with E-state index in [0.29, 0.717) is 12.2 Å². The van der Waals surface area contributed by atoms with Gasteiger partial charge in [0.2, 0.25) is 0 Å². The molecule has 0 heterocycles. The van der Waals surface area contributed by atoms with Crippen LogP contribution < -0.4 is 5.32 Å². The van der Waals surface area contributed by atoms with Crippen LogP contribution in [0.3, 0.4) is 0 Å². The topological polar surface area (TPSA) is 38.3 Å². The number of halogens is 2. The number of ether oxygens (including phenoxy) is 1. The monoisotopic (exact) mass is 259 g/mol. The van der Waals surface area contributed by atoms with Crippen LogP contribution in [-0.2, 0) is 9.53 Å². The zero-order valence-corrected chi connectivity index (χ0v) is 10.8. The standard InChI is InChI=1S/C12H15ClFNO2/c1-8(16)17-12(2,3)7-15-9-4-5-10(13)11(14)6-9/h4-6,15H,7H2,1-3H3. The molecule has 0 saturated heterocycles. The number of esters is 1. The normalized spacial score (nSPS) is 11.1. The van der Waals surface area contributed by atoms with Crippen molar-refractivity contribution in [2.75, 3.05) is 11.9 Å². The van der Waals surface area contributed by atoms with Gasteiger partial charge in [-0.15, -0.1) is 0 Å². The van der Waals surface area contributed by atoms with Gasteiger partial charge >= 0.3 is 5.97 Å². The molecule has 0 unspecified atom stereocenters. The van der Waals surface area contributed by atoms with Crippen molar-refractivity contribution in [2.45, 2.75) is 26.4 Å². The van der Waals surface area contributed by atoms with E-state index in [4.69, 9.17) is 16.3 Å². The Kier molecular flexibility index (Phi) is 4.34. The molecule has 0 bridgehead atoms. The maximum atomic E-state index is 13.2. The second-order valence-electron chi connectivity index (χ2n) is 4.34. The highest BCUT2D eigenvalue weighted by atomic mass is 35.5. The Hall–Kier alpha value is -1.29. The molecule has 0 aliphatic rings. The SMILES string of the molecule is CC(=O)OC(C)(C)CNc1ccc(Cl)c(F)c1. The van der Waals surface area contributed by atoms with Gasteiger partial charge in [0.05, 0.1) is 11.6 Å². The van der Waals surface area contributed by atoms with Gasteiger partial charge in [-0.3, -0.25) is 4.79 Å². The predicted molar refractivity (Wildman–Crippen MR) is 65.7 cm³/mol. The van der Waals surface area contributed by atoms with Crippen molar-refractivity contribution in [2.24, 2.45) is 0 Å². The van der Waals surface area contributed by atoms with Gasteiger partial charge in [0.25, 0.3) is 0 Å². The third-order valence-electron chi connectivity index (χ3n) is 2.06. The lowest BCUT2D eigenvalue weighted by molar-refractivity contribution is -0.152. The lowest BCUT2D eigenvalue weighted by Crippen LogP contribution is -2.35. The first-order valence-corrected chi connectivity index (χ1v) is 5.56. The molecule has 17 heavy (non-hydrogen) atoms. The Morgan fingerprint density at radius 1 is 1.53 bits per heavy atom. The summed E-state index contributed by atoms with van der Waals surface area (Å²) in [6.45, 7) is 5.28. The summed E-state index contributed by atoms with van der Waals surface area (Å²) < 4.78 is 18.2. The van der Waals surface area contributed by atoms with Gasteiger partial charge < -0.3 is 10.1 Å². The summed E-state index contributed by atoms with van der Waals surface area (Å²) in [5.74, 6) is -0.832. The Labute approximate surface area is 105 Å².